The molecule has 1 unspecified atom stereocenters. The Morgan fingerprint density at radius 1 is 1.07 bits per heavy atom. The van der Waals surface area contributed by atoms with Gasteiger partial charge in [0.2, 0.25) is 5.91 Å². The van der Waals surface area contributed by atoms with Crippen LogP contribution < -0.4 is 16.4 Å². The van der Waals surface area contributed by atoms with Crippen molar-refractivity contribution < 1.29 is 9.59 Å². The van der Waals surface area contributed by atoms with Crippen molar-refractivity contribution in [3.05, 3.63) is 29.8 Å². The minimum atomic E-state index is -0.114. The number of carbonyl (C=O) groups is 2. The monoisotopic (exact) mass is 389 g/mol. The number of nitrogens with one attached hydrogen (secondary N) is 2. The lowest BCUT2D eigenvalue weighted by Crippen LogP contribution is -2.38. The van der Waals surface area contributed by atoms with Crippen LogP contribution in [0.5, 0.6) is 0 Å². The number of rotatable bonds is 9. The highest BCUT2D eigenvalue weighted by molar-refractivity contribution is 8.00. The second-order valence-electron chi connectivity index (χ2n) is 7.80. The number of thioether (sulfide) groups is 1. The van der Waals surface area contributed by atoms with Crippen molar-refractivity contribution in [2.45, 2.75) is 55.9 Å². The molecule has 0 bridgehead atoms. The minimum Gasteiger partial charge on any atom is -0.355 e. The summed E-state index contributed by atoms with van der Waals surface area (Å²) in [5.74, 6) is 1.44. The Morgan fingerprint density at radius 2 is 1.81 bits per heavy atom. The molecule has 4 N–H and O–H groups in total. The summed E-state index contributed by atoms with van der Waals surface area (Å²) in [5.41, 5.74) is 6.68. The van der Waals surface area contributed by atoms with Crippen LogP contribution in [0.1, 0.15) is 55.3 Å². The van der Waals surface area contributed by atoms with Gasteiger partial charge >= 0.3 is 0 Å². The molecule has 0 spiro atoms. The van der Waals surface area contributed by atoms with Crippen molar-refractivity contribution in [3.63, 3.8) is 0 Å². The zero-order chi connectivity index (χ0) is 19.1. The van der Waals surface area contributed by atoms with Gasteiger partial charge in [-0.05, 0) is 49.7 Å². The molecule has 1 aromatic rings. The third-order valence-corrected chi connectivity index (χ3v) is 6.60. The van der Waals surface area contributed by atoms with E-state index in [4.69, 9.17) is 5.73 Å². The summed E-state index contributed by atoms with van der Waals surface area (Å²) in [6.45, 7) is 1.28. The largest absolute Gasteiger partial charge is 0.355 e. The molecule has 0 aliphatic heterocycles. The lowest BCUT2D eigenvalue weighted by atomic mass is 9.89. The predicted molar refractivity (Wildman–Crippen MR) is 110 cm³/mol. The molecule has 2 aliphatic rings. The molecular weight excluding hydrogens is 358 g/mol. The number of amides is 2. The molecule has 0 radical (unpaired) electrons. The van der Waals surface area contributed by atoms with E-state index in [-0.39, 0.29) is 17.9 Å². The number of hydrogen-bond acceptors (Lipinski definition) is 4. The number of hydrogen-bond donors (Lipinski definition) is 3. The fraction of sp³-hybridized carbons (Fsp3) is 0.619. The van der Waals surface area contributed by atoms with Crippen molar-refractivity contribution in [2.75, 3.05) is 18.8 Å². The standard InChI is InChI=1S/C21H31N3O2S/c22-18(16-10-11-16)13-24-21(26)17-8-4-5-9-19(17)27-14-20(25)23-12-15-6-2-1-3-7-15/h4-5,8-9,15-16,18H,1-3,6-7,10-14,22H2,(H,23,25)(H,24,26). The van der Waals surface area contributed by atoms with E-state index >= 15 is 0 Å². The summed E-state index contributed by atoms with van der Waals surface area (Å²) in [4.78, 5) is 25.5. The first-order valence-corrected chi connectivity index (χ1v) is 11.1. The average molecular weight is 390 g/mol. The molecular formula is C21H31N3O2S. The molecule has 5 nitrogen and oxygen atoms in total. The first kappa shape index (κ1) is 20.2. The molecule has 2 amide bonds. The maximum Gasteiger partial charge on any atom is 0.252 e. The third kappa shape index (κ3) is 6.54. The van der Waals surface area contributed by atoms with E-state index in [1.807, 2.05) is 18.2 Å². The fourth-order valence-corrected chi connectivity index (χ4v) is 4.50. The number of carbonyl (C=O) groups excluding carboxylic acids is 2. The van der Waals surface area contributed by atoms with Crippen LogP contribution >= 0.6 is 11.8 Å². The van der Waals surface area contributed by atoms with Gasteiger partial charge in [0.15, 0.2) is 0 Å². The second kappa shape index (κ2) is 10.1. The van der Waals surface area contributed by atoms with Crippen molar-refractivity contribution in [3.8, 4) is 0 Å². The van der Waals surface area contributed by atoms with E-state index in [0.29, 0.717) is 29.7 Å². The highest BCUT2D eigenvalue weighted by Gasteiger charge is 2.28. The van der Waals surface area contributed by atoms with Crippen LogP contribution in [-0.2, 0) is 4.79 Å². The van der Waals surface area contributed by atoms with Crippen molar-refractivity contribution in [1.29, 1.82) is 0 Å². The van der Waals surface area contributed by atoms with E-state index in [2.05, 4.69) is 10.6 Å². The molecule has 1 atom stereocenters. The first-order valence-electron chi connectivity index (χ1n) is 10.2. The summed E-state index contributed by atoms with van der Waals surface area (Å²) < 4.78 is 0. The summed E-state index contributed by atoms with van der Waals surface area (Å²) >= 11 is 1.42. The molecule has 6 heteroatoms. The summed E-state index contributed by atoms with van der Waals surface area (Å²) in [7, 11) is 0. The lowest BCUT2D eigenvalue weighted by Gasteiger charge is -2.21. The molecule has 3 rings (SSSR count). The minimum absolute atomic E-state index is 0.0385. The Bertz CT molecular complexity index is 642. The van der Waals surface area contributed by atoms with E-state index in [0.717, 1.165) is 11.4 Å². The van der Waals surface area contributed by atoms with E-state index in [1.165, 1.54) is 56.7 Å². The van der Waals surface area contributed by atoms with Crippen LogP contribution in [0.3, 0.4) is 0 Å². The number of nitrogens with two attached hydrogens (primary N) is 1. The Balaban J connectivity index is 1.44. The third-order valence-electron chi connectivity index (χ3n) is 5.53. The second-order valence-corrected chi connectivity index (χ2v) is 8.82. The van der Waals surface area contributed by atoms with Gasteiger partial charge in [-0.2, -0.15) is 0 Å². The highest BCUT2D eigenvalue weighted by atomic mass is 32.2. The van der Waals surface area contributed by atoms with E-state index in [1.54, 1.807) is 6.07 Å². The summed E-state index contributed by atoms with van der Waals surface area (Å²) in [5, 5.41) is 5.99. The summed E-state index contributed by atoms with van der Waals surface area (Å²) in [6.07, 6.45) is 8.66. The van der Waals surface area contributed by atoms with Gasteiger partial charge in [-0.25, -0.2) is 0 Å². The van der Waals surface area contributed by atoms with Gasteiger partial charge in [-0.3, -0.25) is 9.59 Å². The molecule has 0 heterocycles. The number of benzene rings is 1. The zero-order valence-corrected chi connectivity index (χ0v) is 16.7. The van der Waals surface area contributed by atoms with E-state index < -0.39 is 0 Å². The van der Waals surface area contributed by atoms with Gasteiger partial charge in [0.1, 0.15) is 0 Å². The molecule has 2 fully saturated rings. The smallest absolute Gasteiger partial charge is 0.252 e. The van der Waals surface area contributed by atoms with Gasteiger partial charge in [0, 0.05) is 24.0 Å². The predicted octanol–water partition coefficient (Wildman–Crippen LogP) is 2.94. The SMILES string of the molecule is NC(CNC(=O)c1ccccc1SCC(=O)NCC1CCCCC1)C1CC1. The quantitative estimate of drug-likeness (QED) is 0.567. The fourth-order valence-electron chi connectivity index (χ4n) is 3.62. The normalized spacial score (nSPS) is 18.7. The molecule has 0 aromatic heterocycles. The Morgan fingerprint density at radius 3 is 2.56 bits per heavy atom. The van der Waals surface area contributed by atoms with Gasteiger partial charge in [-0.1, -0.05) is 31.4 Å². The van der Waals surface area contributed by atoms with Crippen LogP contribution in [0.25, 0.3) is 0 Å². The zero-order valence-electron chi connectivity index (χ0n) is 15.9. The maximum atomic E-state index is 12.5. The van der Waals surface area contributed by atoms with Gasteiger partial charge in [0.25, 0.3) is 5.91 Å². The molecule has 2 aliphatic carbocycles. The van der Waals surface area contributed by atoms with Crippen LogP contribution in [0.15, 0.2) is 29.2 Å². The van der Waals surface area contributed by atoms with Gasteiger partial charge in [0.05, 0.1) is 11.3 Å². The Hall–Kier alpha value is -1.53. The molecule has 1 aromatic carbocycles. The van der Waals surface area contributed by atoms with Gasteiger partial charge in [-0.15, -0.1) is 11.8 Å². The average Bonchev–Trinajstić information content (AvgIpc) is 3.55. The first-order chi connectivity index (χ1) is 13.1. The molecule has 27 heavy (non-hydrogen) atoms. The van der Waals surface area contributed by atoms with E-state index in [9.17, 15) is 9.59 Å². The van der Waals surface area contributed by atoms with Crippen molar-refractivity contribution >= 4 is 23.6 Å². The Labute approximate surface area is 166 Å². The highest BCUT2D eigenvalue weighted by Crippen LogP contribution is 2.31. The van der Waals surface area contributed by atoms with Crippen LogP contribution in [0.2, 0.25) is 0 Å². The maximum absolute atomic E-state index is 12.5. The van der Waals surface area contributed by atoms with Gasteiger partial charge < -0.3 is 16.4 Å². The molecule has 0 saturated heterocycles. The van der Waals surface area contributed by atoms with Crippen LogP contribution in [-0.4, -0.2) is 36.7 Å². The van der Waals surface area contributed by atoms with Crippen LogP contribution in [0, 0.1) is 11.8 Å². The molecule has 148 valence electrons. The summed E-state index contributed by atoms with van der Waals surface area (Å²) in [6, 6.07) is 7.49. The van der Waals surface area contributed by atoms with Crippen LogP contribution in [0.4, 0.5) is 0 Å². The van der Waals surface area contributed by atoms with Crippen molar-refractivity contribution in [1.82, 2.24) is 10.6 Å². The Kier molecular flexibility index (Phi) is 7.59. The molecule has 2 saturated carbocycles. The lowest BCUT2D eigenvalue weighted by molar-refractivity contribution is -0.118. The van der Waals surface area contributed by atoms with Crippen molar-refractivity contribution in [2.24, 2.45) is 17.6 Å². The topological polar surface area (TPSA) is 84.2 Å².